The summed E-state index contributed by atoms with van der Waals surface area (Å²) in [6, 6.07) is 5.05. The van der Waals surface area contributed by atoms with Gasteiger partial charge in [0.25, 0.3) is 0 Å². The van der Waals surface area contributed by atoms with E-state index in [4.69, 9.17) is 4.74 Å². The first-order chi connectivity index (χ1) is 12.8. The van der Waals surface area contributed by atoms with E-state index in [1.165, 1.54) is 18.2 Å². The molecule has 1 saturated heterocycles. The molecule has 0 aliphatic carbocycles. The number of alkyl halides is 3. The first-order valence-electron chi connectivity index (χ1n) is 8.92. The van der Waals surface area contributed by atoms with Crippen LogP contribution in [0.4, 0.5) is 23.7 Å². The second-order valence-electron chi connectivity index (χ2n) is 6.26. The third kappa shape index (κ3) is 6.42. The van der Waals surface area contributed by atoms with Crippen LogP contribution in [0, 0.1) is 0 Å². The van der Waals surface area contributed by atoms with Crippen molar-refractivity contribution < 1.29 is 27.5 Å². The molecule has 0 unspecified atom stereocenters. The van der Waals surface area contributed by atoms with Crippen LogP contribution >= 0.6 is 0 Å². The van der Waals surface area contributed by atoms with Crippen molar-refractivity contribution in [1.82, 2.24) is 10.2 Å². The SMILES string of the molecule is CCOC(=O)N1CCC(NCCC(=O)Nc2ccccc2C(F)(F)F)CC1. The fourth-order valence-electron chi connectivity index (χ4n) is 2.92. The molecule has 1 aromatic carbocycles. The monoisotopic (exact) mass is 387 g/mol. The van der Waals surface area contributed by atoms with Crippen molar-refractivity contribution in [1.29, 1.82) is 0 Å². The summed E-state index contributed by atoms with van der Waals surface area (Å²) in [5, 5.41) is 5.54. The number of hydrogen-bond donors (Lipinski definition) is 2. The highest BCUT2D eigenvalue weighted by Crippen LogP contribution is 2.34. The van der Waals surface area contributed by atoms with Crippen LogP contribution in [-0.4, -0.2) is 49.2 Å². The minimum absolute atomic E-state index is 0.0598. The number of rotatable bonds is 6. The van der Waals surface area contributed by atoms with Gasteiger partial charge in [-0.3, -0.25) is 4.79 Å². The Morgan fingerprint density at radius 2 is 1.89 bits per heavy atom. The third-order valence-electron chi connectivity index (χ3n) is 4.31. The topological polar surface area (TPSA) is 70.7 Å². The maximum atomic E-state index is 12.9. The van der Waals surface area contributed by atoms with Gasteiger partial charge in [-0.2, -0.15) is 13.2 Å². The summed E-state index contributed by atoms with van der Waals surface area (Å²) in [7, 11) is 0. The molecule has 0 bridgehead atoms. The van der Waals surface area contributed by atoms with Gasteiger partial charge in [0, 0.05) is 32.1 Å². The van der Waals surface area contributed by atoms with Crippen molar-refractivity contribution in [2.45, 2.75) is 38.4 Å². The lowest BCUT2D eigenvalue weighted by molar-refractivity contribution is -0.137. The molecular formula is C18H24F3N3O3. The van der Waals surface area contributed by atoms with Crippen molar-refractivity contribution in [2.75, 3.05) is 31.6 Å². The van der Waals surface area contributed by atoms with E-state index in [9.17, 15) is 22.8 Å². The maximum Gasteiger partial charge on any atom is 0.418 e. The van der Waals surface area contributed by atoms with E-state index in [1.807, 2.05) is 0 Å². The van der Waals surface area contributed by atoms with Gasteiger partial charge in [-0.25, -0.2) is 4.79 Å². The van der Waals surface area contributed by atoms with Crippen LogP contribution in [-0.2, 0) is 15.7 Å². The number of carbonyl (C=O) groups is 2. The summed E-state index contributed by atoms with van der Waals surface area (Å²) in [5.41, 5.74) is -1.10. The van der Waals surface area contributed by atoms with Gasteiger partial charge in [0.05, 0.1) is 17.9 Å². The zero-order chi connectivity index (χ0) is 19.9. The quantitative estimate of drug-likeness (QED) is 0.786. The molecule has 6 nitrogen and oxygen atoms in total. The molecule has 9 heteroatoms. The standard InChI is InChI=1S/C18H24F3N3O3/c1-2-27-17(26)24-11-8-13(9-12-24)22-10-7-16(25)23-15-6-4-3-5-14(15)18(19,20)21/h3-6,13,22H,2,7-12H2,1H3,(H,23,25). The number of anilines is 1. The van der Waals surface area contributed by atoms with E-state index in [-0.39, 0.29) is 24.2 Å². The van der Waals surface area contributed by atoms with Crippen LogP contribution in [0.2, 0.25) is 0 Å². The van der Waals surface area contributed by atoms with Crippen molar-refractivity contribution in [3.63, 3.8) is 0 Å². The van der Waals surface area contributed by atoms with Crippen molar-refractivity contribution in [3.05, 3.63) is 29.8 Å². The van der Waals surface area contributed by atoms with Crippen LogP contribution in [0.25, 0.3) is 0 Å². The molecule has 1 aromatic rings. The molecule has 2 N–H and O–H groups in total. The molecule has 0 spiro atoms. The number of likely N-dealkylation sites (tertiary alicyclic amines) is 1. The van der Waals surface area contributed by atoms with Crippen LogP contribution in [0.1, 0.15) is 31.7 Å². The Hall–Kier alpha value is -2.29. The van der Waals surface area contributed by atoms with Gasteiger partial charge in [-0.15, -0.1) is 0 Å². The molecule has 0 saturated carbocycles. The minimum Gasteiger partial charge on any atom is -0.450 e. The lowest BCUT2D eigenvalue weighted by Gasteiger charge is -2.31. The summed E-state index contributed by atoms with van der Waals surface area (Å²) in [4.78, 5) is 25.2. The molecule has 1 aliphatic heterocycles. The highest BCUT2D eigenvalue weighted by molar-refractivity contribution is 5.91. The Morgan fingerprint density at radius 3 is 2.52 bits per heavy atom. The Bertz CT molecular complexity index is 644. The molecule has 0 aromatic heterocycles. The fourth-order valence-corrected chi connectivity index (χ4v) is 2.92. The van der Waals surface area contributed by atoms with E-state index in [1.54, 1.807) is 11.8 Å². The number of benzene rings is 1. The number of carbonyl (C=O) groups excluding carboxylic acids is 2. The highest BCUT2D eigenvalue weighted by atomic mass is 19.4. The van der Waals surface area contributed by atoms with E-state index in [0.717, 1.165) is 18.9 Å². The molecule has 150 valence electrons. The molecule has 1 aliphatic rings. The molecule has 27 heavy (non-hydrogen) atoms. The van der Waals surface area contributed by atoms with Crippen LogP contribution in [0.3, 0.4) is 0 Å². The Morgan fingerprint density at radius 1 is 1.22 bits per heavy atom. The van der Waals surface area contributed by atoms with Crippen LogP contribution in [0.5, 0.6) is 0 Å². The molecule has 2 amide bonds. The lowest BCUT2D eigenvalue weighted by atomic mass is 10.1. The van der Waals surface area contributed by atoms with E-state index in [2.05, 4.69) is 10.6 Å². The number of amides is 2. The van der Waals surface area contributed by atoms with Gasteiger partial charge in [-0.05, 0) is 31.9 Å². The Kier molecular flexibility index (Phi) is 7.46. The van der Waals surface area contributed by atoms with Gasteiger partial charge in [-0.1, -0.05) is 12.1 Å². The Labute approximate surface area is 156 Å². The normalized spacial score (nSPS) is 15.5. The fraction of sp³-hybridized carbons (Fsp3) is 0.556. The highest BCUT2D eigenvalue weighted by Gasteiger charge is 2.33. The zero-order valence-electron chi connectivity index (χ0n) is 15.1. The summed E-state index contributed by atoms with van der Waals surface area (Å²) >= 11 is 0. The summed E-state index contributed by atoms with van der Waals surface area (Å²) in [6.07, 6.45) is -3.31. The predicted molar refractivity (Wildman–Crippen MR) is 94.3 cm³/mol. The van der Waals surface area contributed by atoms with Gasteiger partial charge < -0.3 is 20.3 Å². The minimum atomic E-state index is -4.52. The van der Waals surface area contributed by atoms with Gasteiger partial charge >= 0.3 is 12.3 Å². The second-order valence-corrected chi connectivity index (χ2v) is 6.26. The van der Waals surface area contributed by atoms with Gasteiger partial charge in [0.15, 0.2) is 0 Å². The number of hydrogen-bond acceptors (Lipinski definition) is 4. The number of ether oxygens (including phenoxy) is 1. The summed E-state index contributed by atoms with van der Waals surface area (Å²) < 4.78 is 43.7. The summed E-state index contributed by atoms with van der Waals surface area (Å²) in [6.45, 7) is 3.58. The molecular weight excluding hydrogens is 363 g/mol. The first kappa shape index (κ1) is 21.0. The number of para-hydroxylation sites is 1. The van der Waals surface area contributed by atoms with Crippen LogP contribution in [0.15, 0.2) is 24.3 Å². The smallest absolute Gasteiger partial charge is 0.418 e. The van der Waals surface area contributed by atoms with Crippen molar-refractivity contribution in [3.8, 4) is 0 Å². The van der Waals surface area contributed by atoms with Crippen molar-refractivity contribution in [2.24, 2.45) is 0 Å². The second kappa shape index (κ2) is 9.59. The molecule has 2 rings (SSSR count). The summed E-state index contributed by atoms with van der Waals surface area (Å²) in [5.74, 6) is -0.483. The third-order valence-corrected chi connectivity index (χ3v) is 4.31. The molecule has 0 atom stereocenters. The Balaban J connectivity index is 1.73. The number of halogens is 3. The molecule has 0 radical (unpaired) electrons. The lowest BCUT2D eigenvalue weighted by Crippen LogP contribution is -2.45. The van der Waals surface area contributed by atoms with E-state index < -0.39 is 17.6 Å². The van der Waals surface area contributed by atoms with E-state index >= 15 is 0 Å². The maximum absolute atomic E-state index is 12.9. The molecule has 1 heterocycles. The number of piperidine rings is 1. The number of nitrogens with one attached hydrogen (secondary N) is 2. The predicted octanol–water partition coefficient (Wildman–Crippen LogP) is 3.24. The van der Waals surface area contributed by atoms with Crippen molar-refractivity contribution >= 4 is 17.7 Å². The first-order valence-corrected chi connectivity index (χ1v) is 8.92. The van der Waals surface area contributed by atoms with Crippen LogP contribution < -0.4 is 10.6 Å². The average Bonchev–Trinajstić information content (AvgIpc) is 2.62. The van der Waals surface area contributed by atoms with Gasteiger partial charge in [0.1, 0.15) is 0 Å². The van der Waals surface area contributed by atoms with Gasteiger partial charge in [0.2, 0.25) is 5.91 Å². The number of nitrogens with zero attached hydrogens (tertiary/aromatic N) is 1. The zero-order valence-corrected chi connectivity index (χ0v) is 15.1. The molecule has 1 fully saturated rings. The van der Waals surface area contributed by atoms with E-state index in [0.29, 0.717) is 26.2 Å². The average molecular weight is 387 g/mol. The largest absolute Gasteiger partial charge is 0.450 e.